The lowest BCUT2D eigenvalue weighted by atomic mass is 10.0. The van der Waals surface area contributed by atoms with Crippen LogP contribution in [0.3, 0.4) is 0 Å². The first-order chi connectivity index (χ1) is 13.5. The van der Waals surface area contributed by atoms with E-state index in [1.807, 2.05) is 48.5 Å². The number of rotatable bonds is 6. The normalized spacial score (nSPS) is 10.9. The number of nitrogens with zero attached hydrogens (tertiary/aromatic N) is 1. The van der Waals surface area contributed by atoms with E-state index in [0.29, 0.717) is 12.1 Å². The Kier molecular flexibility index (Phi) is 7.15. The van der Waals surface area contributed by atoms with Gasteiger partial charge in [-0.05, 0) is 50.5 Å². The summed E-state index contributed by atoms with van der Waals surface area (Å²) in [6.07, 6.45) is -0.616. The number of ketones is 1. The van der Waals surface area contributed by atoms with Gasteiger partial charge in [-0.15, -0.1) is 0 Å². The molecular formula is C23H28N2O4. The molecule has 0 saturated carbocycles. The zero-order valence-corrected chi connectivity index (χ0v) is 17.6. The van der Waals surface area contributed by atoms with Crippen LogP contribution in [0.1, 0.15) is 43.6 Å². The van der Waals surface area contributed by atoms with Crippen LogP contribution in [0.25, 0.3) is 11.1 Å². The second kappa shape index (κ2) is 9.37. The molecule has 0 aromatic heterocycles. The highest BCUT2D eigenvalue weighted by Gasteiger charge is 2.17. The third kappa shape index (κ3) is 7.07. The van der Waals surface area contributed by atoms with E-state index in [0.717, 1.165) is 16.7 Å². The molecule has 0 unspecified atom stereocenters. The van der Waals surface area contributed by atoms with E-state index in [1.54, 1.807) is 39.6 Å². The summed E-state index contributed by atoms with van der Waals surface area (Å²) >= 11 is 0. The summed E-state index contributed by atoms with van der Waals surface area (Å²) in [5.74, 6) is -0.183. The zero-order chi connectivity index (χ0) is 21.6. The number of hydrogen-bond donors (Lipinski definition) is 1. The lowest BCUT2D eigenvalue weighted by Crippen LogP contribution is -2.40. The molecule has 1 N–H and O–H groups in total. The highest BCUT2D eigenvalue weighted by Crippen LogP contribution is 2.22. The number of likely N-dealkylation sites (N-methyl/N-ethyl adjacent to an activating group) is 1. The molecule has 0 spiro atoms. The number of hydrogen-bond acceptors (Lipinski definition) is 4. The number of amides is 2. The molecular weight excluding hydrogens is 368 g/mol. The standard InChI is InChI=1S/C23H28N2O4/c1-16(26)18-9-11-19(12-10-18)20-8-6-7-17(13-20)15-25(5)21(27)14-24-22(28)29-23(2,3)4/h6-13H,14-15H2,1-5H3,(H,24,28). The molecule has 2 aromatic rings. The summed E-state index contributed by atoms with van der Waals surface area (Å²) in [6, 6.07) is 15.3. The predicted molar refractivity (Wildman–Crippen MR) is 113 cm³/mol. The van der Waals surface area contributed by atoms with Crippen LogP contribution in [0, 0.1) is 0 Å². The summed E-state index contributed by atoms with van der Waals surface area (Å²) in [5.41, 5.74) is 3.03. The van der Waals surface area contributed by atoms with Gasteiger partial charge in [0.1, 0.15) is 12.1 Å². The van der Waals surface area contributed by atoms with Crippen molar-refractivity contribution in [3.8, 4) is 11.1 Å². The highest BCUT2D eigenvalue weighted by atomic mass is 16.6. The summed E-state index contributed by atoms with van der Waals surface area (Å²) < 4.78 is 5.13. The summed E-state index contributed by atoms with van der Waals surface area (Å²) in [4.78, 5) is 37.0. The maximum atomic E-state index is 12.3. The van der Waals surface area contributed by atoms with Crippen LogP contribution in [0.15, 0.2) is 48.5 Å². The first-order valence-electron chi connectivity index (χ1n) is 9.46. The maximum absolute atomic E-state index is 12.3. The molecule has 0 atom stereocenters. The van der Waals surface area contributed by atoms with Gasteiger partial charge in [-0.2, -0.15) is 0 Å². The van der Waals surface area contributed by atoms with E-state index >= 15 is 0 Å². The predicted octanol–water partition coefficient (Wildman–Crippen LogP) is 4.04. The van der Waals surface area contributed by atoms with Crippen LogP contribution in [-0.4, -0.2) is 41.9 Å². The summed E-state index contributed by atoms with van der Waals surface area (Å²) in [5, 5.41) is 2.48. The van der Waals surface area contributed by atoms with Gasteiger partial charge in [0.05, 0.1) is 0 Å². The van der Waals surface area contributed by atoms with Gasteiger partial charge in [0.25, 0.3) is 0 Å². The number of nitrogens with one attached hydrogen (secondary N) is 1. The molecule has 0 heterocycles. The zero-order valence-electron chi connectivity index (χ0n) is 17.6. The van der Waals surface area contributed by atoms with E-state index in [-0.39, 0.29) is 18.2 Å². The molecule has 2 rings (SSSR count). The molecule has 0 aliphatic rings. The average Bonchev–Trinajstić information content (AvgIpc) is 2.65. The van der Waals surface area contributed by atoms with Crippen molar-refractivity contribution in [2.45, 2.75) is 39.8 Å². The second-order valence-corrected chi connectivity index (χ2v) is 7.94. The lowest BCUT2D eigenvalue weighted by molar-refractivity contribution is -0.129. The molecule has 2 amide bonds. The molecule has 6 heteroatoms. The summed E-state index contributed by atoms with van der Waals surface area (Å²) in [6.45, 7) is 7.12. The van der Waals surface area contributed by atoms with Gasteiger partial charge in [-0.25, -0.2) is 4.79 Å². The van der Waals surface area contributed by atoms with Crippen molar-refractivity contribution in [1.82, 2.24) is 10.2 Å². The smallest absolute Gasteiger partial charge is 0.408 e. The molecule has 0 bridgehead atoms. The number of carbonyl (C=O) groups excluding carboxylic acids is 3. The Bertz CT molecular complexity index is 882. The third-order valence-electron chi connectivity index (χ3n) is 4.18. The third-order valence-corrected chi connectivity index (χ3v) is 4.18. The fourth-order valence-corrected chi connectivity index (χ4v) is 2.71. The van der Waals surface area contributed by atoms with Crippen molar-refractivity contribution >= 4 is 17.8 Å². The van der Waals surface area contributed by atoms with E-state index in [9.17, 15) is 14.4 Å². The van der Waals surface area contributed by atoms with Crippen LogP contribution in [-0.2, 0) is 16.1 Å². The molecule has 6 nitrogen and oxygen atoms in total. The first kappa shape index (κ1) is 22.1. The number of benzene rings is 2. The monoisotopic (exact) mass is 396 g/mol. The van der Waals surface area contributed by atoms with Gasteiger partial charge in [-0.1, -0.05) is 42.5 Å². The molecule has 0 radical (unpaired) electrons. The maximum Gasteiger partial charge on any atom is 0.408 e. The molecule has 29 heavy (non-hydrogen) atoms. The fraction of sp³-hybridized carbons (Fsp3) is 0.348. The lowest BCUT2D eigenvalue weighted by Gasteiger charge is -2.21. The van der Waals surface area contributed by atoms with E-state index in [4.69, 9.17) is 4.74 Å². The van der Waals surface area contributed by atoms with Crippen LogP contribution < -0.4 is 5.32 Å². The SMILES string of the molecule is CC(=O)c1ccc(-c2cccc(CN(C)C(=O)CNC(=O)OC(C)(C)C)c2)cc1. The van der Waals surface area contributed by atoms with Crippen LogP contribution >= 0.6 is 0 Å². The van der Waals surface area contributed by atoms with Gasteiger partial charge >= 0.3 is 6.09 Å². The molecule has 0 saturated heterocycles. The fourth-order valence-electron chi connectivity index (χ4n) is 2.71. The Hall–Kier alpha value is -3.15. The van der Waals surface area contributed by atoms with Crippen molar-refractivity contribution in [3.63, 3.8) is 0 Å². The Morgan fingerprint density at radius 3 is 2.24 bits per heavy atom. The minimum Gasteiger partial charge on any atom is -0.444 e. The molecule has 2 aromatic carbocycles. The van der Waals surface area contributed by atoms with Gasteiger partial charge in [0, 0.05) is 19.2 Å². The first-order valence-corrected chi connectivity index (χ1v) is 9.46. The van der Waals surface area contributed by atoms with Gasteiger partial charge in [0.15, 0.2) is 5.78 Å². The van der Waals surface area contributed by atoms with Gasteiger partial charge in [0.2, 0.25) is 5.91 Å². The summed E-state index contributed by atoms with van der Waals surface area (Å²) in [7, 11) is 1.69. The van der Waals surface area contributed by atoms with Gasteiger partial charge < -0.3 is 15.0 Å². The van der Waals surface area contributed by atoms with Crippen molar-refractivity contribution in [3.05, 3.63) is 59.7 Å². The Morgan fingerprint density at radius 2 is 1.66 bits per heavy atom. The molecule has 0 aliphatic carbocycles. The van der Waals surface area contributed by atoms with Gasteiger partial charge in [-0.3, -0.25) is 9.59 Å². The topological polar surface area (TPSA) is 75.7 Å². The molecule has 0 fully saturated rings. The Balaban J connectivity index is 1.97. The van der Waals surface area contributed by atoms with Crippen LogP contribution in [0.2, 0.25) is 0 Å². The number of carbonyl (C=O) groups is 3. The molecule has 0 aliphatic heterocycles. The van der Waals surface area contributed by atoms with Crippen LogP contribution in [0.4, 0.5) is 4.79 Å². The number of alkyl carbamates (subject to hydrolysis) is 1. The number of Topliss-reactive ketones (excluding diaryl/α,β-unsaturated/α-hetero) is 1. The minimum atomic E-state index is -0.616. The van der Waals surface area contributed by atoms with Crippen molar-refractivity contribution < 1.29 is 19.1 Å². The van der Waals surface area contributed by atoms with E-state index < -0.39 is 11.7 Å². The number of ether oxygens (including phenoxy) is 1. The second-order valence-electron chi connectivity index (χ2n) is 7.94. The van der Waals surface area contributed by atoms with Crippen molar-refractivity contribution in [1.29, 1.82) is 0 Å². The molecule has 154 valence electrons. The van der Waals surface area contributed by atoms with E-state index in [2.05, 4.69) is 5.32 Å². The average molecular weight is 396 g/mol. The quantitative estimate of drug-likeness (QED) is 0.748. The Morgan fingerprint density at radius 1 is 1.00 bits per heavy atom. The highest BCUT2D eigenvalue weighted by molar-refractivity contribution is 5.94. The minimum absolute atomic E-state index is 0.0328. The largest absolute Gasteiger partial charge is 0.444 e. The Labute approximate surface area is 171 Å². The van der Waals surface area contributed by atoms with E-state index in [1.165, 1.54) is 0 Å². The van der Waals surface area contributed by atoms with Crippen molar-refractivity contribution in [2.24, 2.45) is 0 Å². The van der Waals surface area contributed by atoms with Crippen molar-refractivity contribution in [2.75, 3.05) is 13.6 Å². The van der Waals surface area contributed by atoms with Crippen LogP contribution in [0.5, 0.6) is 0 Å².